The summed E-state index contributed by atoms with van der Waals surface area (Å²) in [6, 6.07) is 6.20. The first-order chi connectivity index (χ1) is 7.58. The van der Waals surface area contributed by atoms with Gasteiger partial charge in [0.05, 0.1) is 5.52 Å². The lowest BCUT2D eigenvalue weighted by Gasteiger charge is -2.07. The summed E-state index contributed by atoms with van der Waals surface area (Å²) in [4.78, 5) is 4.54. The van der Waals surface area contributed by atoms with E-state index in [4.69, 9.17) is 0 Å². The van der Waals surface area contributed by atoms with E-state index < -0.39 is 0 Å². The third kappa shape index (κ3) is 2.03. The van der Waals surface area contributed by atoms with Crippen LogP contribution in [0.4, 0.5) is 0 Å². The molecule has 16 heavy (non-hydrogen) atoms. The Hall–Kier alpha value is -1.51. The predicted octanol–water partition coefficient (Wildman–Crippen LogP) is 3.27. The molecular weight excluding hydrogens is 198 g/mol. The Labute approximate surface area is 95.9 Å². The quantitative estimate of drug-likeness (QED) is 0.771. The van der Waals surface area contributed by atoms with Gasteiger partial charge in [-0.3, -0.25) is 0 Å². The monoisotopic (exact) mass is 215 g/mol. The van der Waals surface area contributed by atoms with Gasteiger partial charge in [-0.1, -0.05) is 33.8 Å². The molecule has 2 aromatic rings. The third-order valence-corrected chi connectivity index (χ3v) is 2.68. The first-order valence-corrected chi connectivity index (χ1v) is 5.72. The lowest BCUT2D eigenvalue weighted by Crippen LogP contribution is -2.00. The zero-order chi connectivity index (χ0) is 11.7. The minimum Gasteiger partial charge on any atom is -0.229 e. The average Bonchev–Trinajstić information content (AvgIpc) is 2.27. The lowest BCUT2D eigenvalue weighted by atomic mass is 10.0. The molecule has 0 amide bonds. The molecule has 1 heterocycles. The molecule has 0 fully saturated rings. The molecule has 0 aliphatic rings. The predicted molar refractivity (Wildman–Crippen MR) is 65.5 cm³/mol. The topological polar surface area (TPSA) is 38.7 Å². The van der Waals surface area contributed by atoms with Crippen molar-refractivity contribution >= 4 is 11.0 Å². The van der Waals surface area contributed by atoms with E-state index in [-0.39, 0.29) is 0 Å². The Balaban J connectivity index is 2.56. The molecule has 0 N–H and O–H groups in total. The van der Waals surface area contributed by atoms with Crippen molar-refractivity contribution in [2.24, 2.45) is 0 Å². The zero-order valence-electron chi connectivity index (χ0n) is 10.2. The SMILES string of the molecule is CC(C)c1ccc2nnc(C(C)C)nc2c1. The summed E-state index contributed by atoms with van der Waals surface area (Å²) < 4.78 is 0. The van der Waals surface area contributed by atoms with Crippen LogP contribution in [0, 0.1) is 0 Å². The number of fused-ring (bicyclic) bond motifs is 1. The van der Waals surface area contributed by atoms with E-state index >= 15 is 0 Å². The Morgan fingerprint density at radius 3 is 2.25 bits per heavy atom. The van der Waals surface area contributed by atoms with Crippen molar-refractivity contribution in [3.63, 3.8) is 0 Å². The van der Waals surface area contributed by atoms with Crippen molar-refractivity contribution in [1.82, 2.24) is 15.2 Å². The van der Waals surface area contributed by atoms with Gasteiger partial charge < -0.3 is 0 Å². The molecule has 0 bridgehead atoms. The molecule has 3 heteroatoms. The first kappa shape index (κ1) is 11.0. The number of rotatable bonds is 2. The maximum absolute atomic E-state index is 4.54. The molecule has 0 saturated heterocycles. The molecular formula is C13H17N3. The van der Waals surface area contributed by atoms with E-state index in [1.807, 2.05) is 6.07 Å². The molecule has 3 nitrogen and oxygen atoms in total. The first-order valence-electron chi connectivity index (χ1n) is 5.72. The van der Waals surface area contributed by atoms with Gasteiger partial charge in [0.1, 0.15) is 5.52 Å². The summed E-state index contributed by atoms with van der Waals surface area (Å²) in [6.07, 6.45) is 0. The number of benzene rings is 1. The summed E-state index contributed by atoms with van der Waals surface area (Å²) in [5, 5.41) is 8.31. The van der Waals surface area contributed by atoms with Gasteiger partial charge in [0.2, 0.25) is 0 Å². The smallest absolute Gasteiger partial charge is 0.154 e. The van der Waals surface area contributed by atoms with Crippen LogP contribution in [0.15, 0.2) is 18.2 Å². The van der Waals surface area contributed by atoms with Crippen LogP contribution in [0.3, 0.4) is 0 Å². The Kier molecular flexibility index (Phi) is 2.86. The number of hydrogen-bond acceptors (Lipinski definition) is 3. The van der Waals surface area contributed by atoms with Gasteiger partial charge in [-0.05, 0) is 23.6 Å². The van der Waals surface area contributed by atoms with Crippen LogP contribution in [0.25, 0.3) is 11.0 Å². The van der Waals surface area contributed by atoms with E-state index in [0.717, 1.165) is 16.9 Å². The average molecular weight is 215 g/mol. The summed E-state index contributed by atoms with van der Waals surface area (Å²) in [5.74, 6) is 1.65. The van der Waals surface area contributed by atoms with E-state index in [0.29, 0.717) is 11.8 Å². The summed E-state index contributed by atoms with van der Waals surface area (Å²) in [5.41, 5.74) is 3.11. The largest absolute Gasteiger partial charge is 0.229 e. The van der Waals surface area contributed by atoms with Gasteiger partial charge >= 0.3 is 0 Å². The van der Waals surface area contributed by atoms with Gasteiger partial charge in [-0.15, -0.1) is 10.2 Å². The molecule has 0 spiro atoms. The fourth-order valence-electron chi connectivity index (χ4n) is 1.57. The second-order valence-electron chi connectivity index (χ2n) is 4.73. The van der Waals surface area contributed by atoms with E-state index in [1.165, 1.54) is 5.56 Å². The normalized spacial score (nSPS) is 11.6. The number of nitrogens with zero attached hydrogens (tertiary/aromatic N) is 3. The van der Waals surface area contributed by atoms with Crippen molar-refractivity contribution in [3.8, 4) is 0 Å². The van der Waals surface area contributed by atoms with Gasteiger partial charge in [0, 0.05) is 5.92 Å². The fraction of sp³-hybridized carbons (Fsp3) is 0.462. The molecule has 0 aliphatic carbocycles. The summed E-state index contributed by atoms with van der Waals surface area (Å²) in [6.45, 7) is 8.52. The third-order valence-electron chi connectivity index (χ3n) is 2.68. The molecule has 1 aromatic carbocycles. The lowest BCUT2D eigenvalue weighted by molar-refractivity contribution is 0.750. The van der Waals surface area contributed by atoms with Gasteiger partial charge in [-0.25, -0.2) is 4.98 Å². The van der Waals surface area contributed by atoms with Crippen LogP contribution in [-0.4, -0.2) is 15.2 Å². The highest BCUT2D eigenvalue weighted by Crippen LogP contribution is 2.19. The molecule has 84 valence electrons. The molecule has 2 rings (SSSR count). The highest BCUT2D eigenvalue weighted by molar-refractivity contribution is 5.74. The molecule has 0 atom stereocenters. The number of aromatic nitrogens is 3. The maximum Gasteiger partial charge on any atom is 0.154 e. The van der Waals surface area contributed by atoms with Crippen LogP contribution in [0.5, 0.6) is 0 Å². The van der Waals surface area contributed by atoms with Crippen LogP contribution < -0.4 is 0 Å². The zero-order valence-corrected chi connectivity index (χ0v) is 10.2. The Morgan fingerprint density at radius 2 is 1.62 bits per heavy atom. The minimum atomic E-state index is 0.319. The van der Waals surface area contributed by atoms with E-state index in [2.05, 4.69) is 55.0 Å². The van der Waals surface area contributed by atoms with Crippen molar-refractivity contribution in [3.05, 3.63) is 29.6 Å². The second kappa shape index (κ2) is 4.16. The van der Waals surface area contributed by atoms with E-state index in [9.17, 15) is 0 Å². The summed E-state index contributed by atoms with van der Waals surface area (Å²) >= 11 is 0. The number of hydrogen-bond donors (Lipinski definition) is 0. The highest BCUT2D eigenvalue weighted by atomic mass is 15.2. The van der Waals surface area contributed by atoms with Crippen molar-refractivity contribution in [2.45, 2.75) is 39.5 Å². The Bertz CT molecular complexity index is 461. The minimum absolute atomic E-state index is 0.319. The maximum atomic E-state index is 4.54. The molecule has 0 aliphatic heterocycles. The Morgan fingerprint density at radius 1 is 0.875 bits per heavy atom. The summed E-state index contributed by atoms with van der Waals surface area (Å²) in [7, 11) is 0. The molecule has 1 aromatic heterocycles. The van der Waals surface area contributed by atoms with Crippen LogP contribution in [0.2, 0.25) is 0 Å². The van der Waals surface area contributed by atoms with Crippen LogP contribution >= 0.6 is 0 Å². The highest BCUT2D eigenvalue weighted by Gasteiger charge is 2.07. The van der Waals surface area contributed by atoms with E-state index in [1.54, 1.807) is 0 Å². The van der Waals surface area contributed by atoms with Crippen molar-refractivity contribution in [2.75, 3.05) is 0 Å². The van der Waals surface area contributed by atoms with Crippen molar-refractivity contribution < 1.29 is 0 Å². The van der Waals surface area contributed by atoms with Crippen LogP contribution in [0.1, 0.15) is 50.9 Å². The van der Waals surface area contributed by atoms with Gasteiger partial charge in [0.15, 0.2) is 5.82 Å². The van der Waals surface area contributed by atoms with Crippen molar-refractivity contribution in [1.29, 1.82) is 0 Å². The molecule has 0 radical (unpaired) electrons. The standard InChI is InChI=1S/C13H17N3/c1-8(2)10-5-6-11-12(7-10)14-13(9(3)4)16-15-11/h5-9H,1-4H3. The molecule has 0 unspecified atom stereocenters. The van der Waals surface area contributed by atoms with Crippen LogP contribution in [-0.2, 0) is 0 Å². The fourth-order valence-corrected chi connectivity index (χ4v) is 1.57. The second-order valence-corrected chi connectivity index (χ2v) is 4.73. The van der Waals surface area contributed by atoms with Gasteiger partial charge in [0.25, 0.3) is 0 Å². The van der Waals surface area contributed by atoms with Gasteiger partial charge in [-0.2, -0.15) is 0 Å². The molecule has 0 saturated carbocycles.